The molecular formula is C18H20N4O2. The molecule has 0 saturated heterocycles. The van der Waals surface area contributed by atoms with Crippen LogP contribution < -0.4 is 4.74 Å². The van der Waals surface area contributed by atoms with Gasteiger partial charge in [-0.05, 0) is 18.2 Å². The molecule has 0 spiro atoms. The van der Waals surface area contributed by atoms with Gasteiger partial charge in [-0.15, -0.1) is 0 Å². The van der Waals surface area contributed by atoms with Gasteiger partial charge in [-0.1, -0.05) is 0 Å². The molecule has 24 heavy (non-hydrogen) atoms. The van der Waals surface area contributed by atoms with Gasteiger partial charge in [-0.25, -0.2) is 4.98 Å². The van der Waals surface area contributed by atoms with Crippen LogP contribution in [0, 0.1) is 5.92 Å². The van der Waals surface area contributed by atoms with Gasteiger partial charge in [0.15, 0.2) is 0 Å². The van der Waals surface area contributed by atoms with E-state index in [4.69, 9.17) is 9.15 Å². The third-order valence-electron chi connectivity index (χ3n) is 4.24. The van der Waals surface area contributed by atoms with Crippen molar-refractivity contribution in [2.45, 2.75) is 19.6 Å². The SMILES string of the molecule is c1cncc(OC[C@H]2CN(Cc3ccoc3)Cc3nccn3C2)c1. The predicted molar refractivity (Wildman–Crippen MR) is 88.3 cm³/mol. The van der Waals surface area contributed by atoms with E-state index in [0.717, 1.165) is 37.8 Å². The lowest BCUT2D eigenvalue weighted by Gasteiger charge is -2.23. The van der Waals surface area contributed by atoms with Crippen molar-refractivity contribution in [1.82, 2.24) is 19.4 Å². The first kappa shape index (κ1) is 15.0. The number of hydrogen-bond donors (Lipinski definition) is 0. The summed E-state index contributed by atoms with van der Waals surface area (Å²) in [6.07, 6.45) is 10.9. The van der Waals surface area contributed by atoms with Crippen LogP contribution in [0.1, 0.15) is 11.4 Å². The zero-order valence-electron chi connectivity index (χ0n) is 13.4. The standard InChI is InChI=1S/C18H20N4O2/c1-2-17(8-19-4-1)24-14-16-10-21(9-15-3-7-23-13-15)12-18-20-5-6-22(18)11-16/h1-8,13,16H,9-12,14H2/t16-/m0/s1. The molecule has 124 valence electrons. The second kappa shape index (κ2) is 6.88. The van der Waals surface area contributed by atoms with Gasteiger partial charge in [-0.3, -0.25) is 9.88 Å². The summed E-state index contributed by atoms with van der Waals surface area (Å²) in [6, 6.07) is 5.84. The molecule has 1 aliphatic heterocycles. The molecular weight excluding hydrogens is 304 g/mol. The first-order chi connectivity index (χ1) is 11.9. The van der Waals surface area contributed by atoms with Crippen LogP contribution >= 0.6 is 0 Å². The fourth-order valence-corrected chi connectivity index (χ4v) is 3.14. The summed E-state index contributed by atoms with van der Waals surface area (Å²) in [5.41, 5.74) is 1.18. The van der Waals surface area contributed by atoms with Crippen molar-refractivity contribution < 1.29 is 9.15 Å². The zero-order valence-corrected chi connectivity index (χ0v) is 13.4. The number of fused-ring (bicyclic) bond motifs is 1. The van der Waals surface area contributed by atoms with E-state index in [1.165, 1.54) is 5.56 Å². The Kier molecular flexibility index (Phi) is 4.29. The topological polar surface area (TPSA) is 56.3 Å². The third-order valence-corrected chi connectivity index (χ3v) is 4.24. The van der Waals surface area contributed by atoms with Gasteiger partial charge in [0.2, 0.25) is 0 Å². The average molecular weight is 324 g/mol. The van der Waals surface area contributed by atoms with E-state index in [9.17, 15) is 0 Å². The molecule has 0 bridgehead atoms. The van der Waals surface area contributed by atoms with E-state index >= 15 is 0 Å². The molecule has 3 aromatic heterocycles. The Morgan fingerprint density at radius 1 is 1.25 bits per heavy atom. The predicted octanol–water partition coefficient (Wildman–Crippen LogP) is 2.58. The number of aromatic nitrogens is 3. The van der Waals surface area contributed by atoms with Crippen LogP contribution in [0.5, 0.6) is 5.75 Å². The maximum atomic E-state index is 5.93. The van der Waals surface area contributed by atoms with Gasteiger partial charge < -0.3 is 13.7 Å². The van der Waals surface area contributed by atoms with E-state index in [-0.39, 0.29) is 0 Å². The smallest absolute Gasteiger partial charge is 0.137 e. The number of ether oxygens (including phenoxy) is 1. The summed E-state index contributed by atoms with van der Waals surface area (Å²) in [5, 5.41) is 0. The van der Waals surface area contributed by atoms with Crippen molar-refractivity contribution in [2.75, 3.05) is 13.2 Å². The molecule has 0 saturated carbocycles. The van der Waals surface area contributed by atoms with Crippen molar-refractivity contribution >= 4 is 0 Å². The second-order valence-electron chi connectivity index (χ2n) is 6.16. The zero-order chi connectivity index (χ0) is 16.2. The summed E-state index contributed by atoms with van der Waals surface area (Å²) in [5.74, 6) is 2.30. The Morgan fingerprint density at radius 3 is 3.08 bits per heavy atom. The minimum absolute atomic E-state index is 0.382. The van der Waals surface area contributed by atoms with Gasteiger partial charge in [0.1, 0.15) is 11.6 Å². The van der Waals surface area contributed by atoms with Gasteiger partial charge >= 0.3 is 0 Å². The summed E-state index contributed by atoms with van der Waals surface area (Å²) in [6.45, 7) is 4.21. The van der Waals surface area contributed by atoms with E-state index in [2.05, 4.69) is 19.4 Å². The molecule has 0 unspecified atom stereocenters. The molecule has 0 aromatic carbocycles. The van der Waals surface area contributed by atoms with E-state index in [0.29, 0.717) is 12.5 Å². The first-order valence-corrected chi connectivity index (χ1v) is 8.13. The van der Waals surface area contributed by atoms with Gasteiger partial charge in [-0.2, -0.15) is 0 Å². The van der Waals surface area contributed by atoms with Crippen molar-refractivity contribution in [3.05, 3.63) is 66.9 Å². The number of hydrogen-bond acceptors (Lipinski definition) is 5. The molecule has 1 aliphatic rings. The molecule has 4 heterocycles. The highest BCUT2D eigenvalue weighted by Gasteiger charge is 2.23. The Hall–Kier alpha value is -2.60. The van der Waals surface area contributed by atoms with E-state index in [1.807, 2.05) is 30.6 Å². The lowest BCUT2D eigenvalue weighted by Crippen LogP contribution is -2.30. The maximum Gasteiger partial charge on any atom is 0.137 e. The molecule has 6 nitrogen and oxygen atoms in total. The normalized spacial score (nSPS) is 18.1. The number of furan rings is 1. The fraction of sp³-hybridized carbons (Fsp3) is 0.333. The Morgan fingerprint density at radius 2 is 2.25 bits per heavy atom. The van der Waals surface area contributed by atoms with Crippen LogP contribution in [-0.4, -0.2) is 32.6 Å². The number of imidazole rings is 1. The quantitative estimate of drug-likeness (QED) is 0.722. The van der Waals surface area contributed by atoms with Crippen LogP contribution in [0.25, 0.3) is 0 Å². The summed E-state index contributed by atoms with van der Waals surface area (Å²) >= 11 is 0. The van der Waals surface area contributed by atoms with Gasteiger partial charge in [0.25, 0.3) is 0 Å². The highest BCUT2D eigenvalue weighted by Crippen LogP contribution is 2.19. The molecule has 0 fully saturated rings. The third kappa shape index (κ3) is 3.49. The van der Waals surface area contributed by atoms with Crippen LogP contribution in [0.4, 0.5) is 0 Å². The van der Waals surface area contributed by atoms with Crippen molar-refractivity contribution in [3.63, 3.8) is 0 Å². The lowest BCUT2D eigenvalue weighted by atomic mass is 10.1. The lowest BCUT2D eigenvalue weighted by molar-refractivity contribution is 0.167. The molecule has 4 rings (SSSR count). The van der Waals surface area contributed by atoms with Crippen molar-refractivity contribution in [1.29, 1.82) is 0 Å². The number of nitrogens with zero attached hydrogens (tertiary/aromatic N) is 4. The highest BCUT2D eigenvalue weighted by atomic mass is 16.5. The van der Waals surface area contributed by atoms with E-state index < -0.39 is 0 Å². The molecule has 6 heteroatoms. The number of pyridine rings is 1. The molecule has 3 aromatic rings. The first-order valence-electron chi connectivity index (χ1n) is 8.13. The highest BCUT2D eigenvalue weighted by molar-refractivity contribution is 5.15. The molecule has 0 amide bonds. The van der Waals surface area contributed by atoms with Crippen LogP contribution in [-0.2, 0) is 19.6 Å². The molecule has 0 aliphatic carbocycles. The van der Waals surface area contributed by atoms with Crippen LogP contribution in [0.3, 0.4) is 0 Å². The van der Waals surface area contributed by atoms with Gasteiger partial charge in [0.05, 0.1) is 31.9 Å². The van der Waals surface area contributed by atoms with Crippen molar-refractivity contribution in [2.24, 2.45) is 5.92 Å². The molecule has 1 atom stereocenters. The Labute approximate surface area is 140 Å². The molecule has 0 radical (unpaired) electrons. The summed E-state index contributed by atoms with van der Waals surface area (Å²) < 4.78 is 13.4. The minimum Gasteiger partial charge on any atom is -0.492 e. The monoisotopic (exact) mass is 324 g/mol. The summed E-state index contributed by atoms with van der Waals surface area (Å²) in [4.78, 5) is 11.0. The van der Waals surface area contributed by atoms with Crippen LogP contribution in [0.15, 0.2) is 59.9 Å². The minimum atomic E-state index is 0.382. The maximum absolute atomic E-state index is 5.93. The fourth-order valence-electron chi connectivity index (χ4n) is 3.14. The van der Waals surface area contributed by atoms with Crippen molar-refractivity contribution in [3.8, 4) is 5.75 Å². The number of rotatable bonds is 5. The van der Waals surface area contributed by atoms with Crippen LogP contribution in [0.2, 0.25) is 0 Å². The van der Waals surface area contributed by atoms with Gasteiger partial charge in [0, 0.05) is 49.7 Å². The second-order valence-corrected chi connectivity index (χ2v) is 6.16. The average Bonchev–Trinajstić information content (AvgIpc) is 3.23. The van der Waals surface area contributed by atoms with E-state index in [1.54, 1.807) is 24.9 Å². The summed E-state index contributed by atoms with van der Waals surface area (Å²) in [7, 11) is 0. The Balaban J connectivity index is 1.46. The Bertz CT molecular complexity index is 754. The largest absolute Gasteiger partial charge is 0.492 e. The molecule has 0 N–H and O–H groups in total.